The lowest BCUT2D eigenvalue weighted by atomic mass is 9.95. The molecule has 0 rings (SSSR count). The fourth-order valence-electron chi connectivity index (χ4n) is 1.98. The molecule has 2 N–H and O–H groups in total. The van der Waals surface area contributed by atoms with Gasteiger partial charge in [-0.05, 0) is 6.92 Å². The molecule has 1 amide bonds. The molecule has 0 bridgehead atoms. The second-order valence-corrected chi connectivity index (χ2v) is 8.00. The minimum absolute atomic E-state index is 0.0540. The topological polar surface area (TPSA) is 78.1 Å². The van der Waals surface area contributed by atoms with Crippen molar-refractivity contribution < 1.29 is 28.1 Å². The molecule has 0 fully saturated rings. The Labute approximate surface area is 170 Å². The van der Waals surface area contributed by atoms with Gasteiger partial charge in [0.05, 0.1) is 58.9 Å². The summed E-state index contributed by atoms with van der Waals surface area (Å²) in [5, 5.41) is 5.87. The molecule has 0 spiro atoms. The summed E-state index contributed by atoms with van der Waals surface area (Å²) in [5.74, 6) is -0.177. The Morgan fingerprint density at radius 3 is 1.89 bits per heavy atom. The van der Waals surface area contributed by atoms with Gasteiger partial charge >= 0.3 is 0 Å². The predicted octanol–water partition coefficient (Wildman–Crippen LogP) is 1.94. The number of hydrogen-bond acceptors (Lipinski definition) is 6. The highest BCUT2D eigenvalue weighted by molar-refractivity contribution is 5.81. The highest BCUT2D eigenvalue weighted by Crippen LogP contribution is 2.12. The molecule has 0 aromatic carbocycles. The van der Waals surface area contributed by atoms with E-state index in [2.05, 4.69) is 24.5 Å². The number of amides is 1. The van der Waals surface area contributed by atoms with Crippen LogP contribution in [-0.4, -0.2) is 83.6 Å². The Kier molecular flexibility index (Phi) is 15.6. The monoisotopic (exact) mass is 408 g/mol. The third kappa shape index (κ3) is 16.2. The van der Waals surface area contributed by atoms with Crippen molar-refractivity contribution in [2.75, 3.05) is 59.3 Å². The van der Waals surface area contributed by atoms with Gasteiger partial charge in [0.2, 0.25) is 5.91 Å². The summed E-state index contributed by atoms with van der Waals surface area (Å²) >= 11 is 0. The lowest BCUT2D eigenvalue weighted by molar-refractivity contribution is -0.129. The zero-order valence-electron chi connectivity index (χ0n) is 18.5. The first-order chi connectivity index (χ1) is 13.1. The molecule has 0 aromatic rings. The van der Waals surface area contributed by atoms with E-state index in [1.54, 1.807) is 27.7 Å². The van der Waals surface area contributed by atoms with Crippen LogP contribution >= 0.6 is 0 Å². The van der Waals surface area contributed by atoms with Gasteiger partial charge in [0.15, 0.2) is 0 Å². The van der Waals surface area contributed by atoms with Crippen LogP contribution in [0.15, 0.2) is 0 Å². The van der Waals surface area contributed by atoms with Gasteiger partial charge in [-0.2, -0.15) is 0 Å². The van der Waals surface area contributed by atoms with Crippen LogP contribution in [0.4, 0.5) is 4.39 Å². The molecule has 0 aliphatic rings. The fourth-order valence-corrected chi connectivity index (χ4v) is 1.98. The van der Waals surface area contributed by atoms with Crippen LogP contribution in [-0.2, 0) is 23.7 Å². The lowest BCUT2D eigenvalue weighted by Gasteiger charge is -2.21. The summed E-state index contributed by atoms with van der Waals surface area (Å²) in [6, 6.07) is 0.467. The maximum absolute atomic E-state index is 14.0. The maximum Gasteiger partial charge on any atom is 0.225 e. The van der Waals surface area contributed by atoms with E-state index in [1.807, 2.05) is 0 Å². The summed E-state index contributed by atoms with van der Waals surface area (Å²) < 4.78 is 35.6. The molecule has 2 atom stereocenters. The van der Waals surface area contributed by atoms with Crippen LogP contribution in [0.2, 0.25) is 0 Å². The van der Waals surface area contributed by atoms with Gasteiger partial charge in [-0.3, -0.25) is 4.79 Å². The molecule has 0 aliphatic heterocycles. The van der Waals surface area contributed by atoms with E-state index < -0.39 is 17.7 Å². The molecule has 8 heteroatoms. The van der Waals surface area contributed by atoms with E-state index in [-0.39, 0.29) is 12.5 Å². The Balaban J connectivity index is 3.44. The van der Waals surface area contributed by atoms with E-state index in [0.29, 0.717) is 52.3 Å². The quantitative estimate of drug-likeness (QED) is 0.358. The molecule has 7 nitrogen and oxygen atoms in total. The van der Waals surface area contributed by atoms with E-state index in [0.717, 1.165) is 6.54 Å². The minimum Gasteiger partial charge on any atom is -0.378 e. The molecule has 0 saturated heterocycles. The first-order valence-electron chi connectivity index (χ1n) is 10.1. The highest BCUT2D eigenvalue weighted by atomic mass is 19.1. The Hall–Kier alpha value is -0.800. The van der Waals surface area contributed by atoms with Crippen LogP contribution in [0.3, 0.4) is 0 Å². The van der Waals surface area contributed by atoms with Gasteiger partial charge in [0.1, 0.15) is 6.17 Å². The predicted molar refractivity (Wildman–Crippen MR) is 108 cm³/mol. The van der Waals surface area contributed by atoms with E-state index in [1.165, 1.54) is 0 Å². The Morgan fingerprint density at radius 2 is 1.39 bits per heavy atom. The number of alkyl halides is 1. The van der Waals surface area contributed by atoms with Crippen LogP contribution in [0, 0.1) is 5.41 Å². The third-order valence-electron chi connectivity index (χ3n) is 3.80. The zero-order chi connectivity index (χ0) is 21.4. The average molecular weight is 409 g/mol. The van der Waals surface area contributed by atoms with Gasteiger partial charge in [-0.25, -0.2) is 4.39 Å². The maximum atomic E-state index is 14.0. The van der Waals surface area contributed by atoms with Gasteiger partial charge in [-0.15, -0.1) is 0 Å². The van der Waals surface area contributed by atoms with Crippen LogP contribution in [0.5, 0.6) is 0 Å². The standard InChI is InChI=1S/C20H41FN2O5/c1-16(2)22-7-8-25-9-10-26-11-12-27-13-14-28-17(3)18(21)15-23-19(24)20(4,5)6/h16-18,22H,7-15H2,1-6H3,(H,23,24). The fraction of sp³-hybridized carbons (Fsp3) is 0.950. The number of ether oxygens (including phenoxy) is 4. The third-order valence-corrected chi connectivity index (χ3v) is 3.80. The molecular weight excluding hydrogens is 367 g/mol. The summed E-state index contributed by atoms with van der Waals surface area (Å²) in [4.78, 5) is 11.7. The number of halogens is 1. The molecule has 28 heavy (non-hydrogen) atoms. The molecule has 2 unspecified atom stereocenters. The molecule has 0 heterocycles. The largest absolute Gasteiger partial charge is 0.378 e. The number of nitrogens with one attached hydrogen (secondary N) is 2. The molecule has 0 saturated carbocycles. The molecule has 0 aromatic heterocycles. The van der Waals surface area contributed by atoms with E-state index in [9.17, 15) is 9.18 Å². The van der Waals surface area contributed by atoms with Gasteiger partial charge in [0.25, 0.3) is 0 Å². The van der Waals surface area contributed by atoms with Gasteiger partial charge < -0.3 is 29.6 Å². The molecule has 0 radical (unpaired) electrons. The second kappa shape index (κ2) is 16.0. The van der Waals surface area contributed by atoms with E-state index >= 15 is 0 Å². The van der Waals surface area contributed by atoms with Crippen molar-refractivity contribution in [2.45, 2.75) is 59.9 Å². The number of carbonyl (C=O) groups is 1. The second-order valence-electron chi connectivity index (χ2n) is 8.00. The van der Waals surface area contributed by atoms with Gasteiger partial charge in [0, 0.05) is 18.0 Å². The molecule has 168 valence electrons. The Bertz CT molecular complexity index is 391. The molecular formula is C20H41FN2O5. The van der Waals surface area contributed by atoms with Crippen LogP contribution in [0.1, 0.15) is 41.5 Å². The molecule has 0 aliphatic carbocycles. The number of carbonyl (C=O) groups excluding carboxylic acids is 1. The van der Waals surface area contributed by atoms with Crippen LogP contribution in [0.25, 0.3) is 0 Å². The average Bonchev–Trinajstić information content (AvgIpc) is 2.61. The number of hydrogen-bond donors (Lipinski definition) is 2. The smallest absolute Gasteiger partial charge is 0.225 e. The summed E-state index contributed by atoms with van der Waals surface area (Å²) in [7, 11) is 0. The van der Waals surface area contributed by atoms with Crippen molar-refractivity contribution in [3.8, 4) is 0 Å². The van der Waals surface area contributed by atoms with Crippen molar-refractivity contribution in [2.24, 2.45) is 5.41 Å². The SMILES string of the molecule is CC(C)NCCOCCOCCOCCOC(C)C(F)CNC(=O)C(C)(C)C. The first-order valence-corrected chi connectivity index (χ1v) is 10.1. The summed E-state index contributed by atoms with van der Waals surface area (Å²) in [6.07, 6.45) is -1.87. The number of rotatable bonds is 17. The first kappa shape index (κ1) is 27.2. The van der Waals surface area contributed by atoms with Crippen molar-refractivity contribution >= 4 is 5.91 Å². The van der Waals surface area contributed by atoms with Crippen molar-refractivity contribution in [3.63, 3.8) is 0 Å². The summed E-state index contributed by atoms with van der Waals surface area (Å²) in [6.45, 7) is 15.3. The Morgan fingerprint density at radius 1 is 0.893 bits per heavy atom. The van der Waals surface area contributed by atoms with E-state index in [4.69, 9.17) is 18.9 Å². The van der Waals surface area contributed by atoms with Crippen molar-refractivity contribution in [3.05, 3.63) is 0 Å². The van der Waals surface area contributed by atoms with Gasteiger partial charge in [-0.1, -0.05) is 34.6 Å². The zero-order valence-corrected chi connectivity index (χ0v) is 18.5. The normalized spacial score (nSPS) is 14.3. The van der Waals surface area contributed by atoms with Crippen molar-refractivity contribution in [1.82, 2.24) is 10.6 Å². The van der Waals surface area contributed by atoms with Crippen LogP contribution < -0.4 is 10.6 Å². The highest BCUT2D eigenvalue weighted by Gasteiger charge is 2.23. The lowest BCUT2D eigenvalue weighted by Crippen LogP contribution is -2.41. The van der Waals surface area contributed by atoms with Crippen molar-refractivity contribution in [1.29, 1.82) is 0 Å². The minimum atomic E-state index is -1.26. The summed E-state index contributed by atoms with van der Waals surface area (Å²) in [5.41, 5.74) is -0.531.